The van der Waals surface area contributed by atoms with E-state index in [1.165, 1.54) is 4.88 Å². The van der Waals surface area contributed by atoms with Gasteiger partial charge in [0.15, 0.2) is 5.96 Å². The second-order valence-electron chi connectivity index (χ2n) is 7.37. The molecule has 0 atom stereocenters. The molecule has 156 valence electrons. The molecular weight excluding hydrogens is 384 g/mol. The molecule has 29 heavy (non-hydrogen) atoms. The smallest absolute Gasteiger partial charge is 0.223 e. The molecule has 1 aromatic heterocycles. The summed E-state index contributed by atoms with van der Waals surface area (Å²) in [5.74, 6) is 1.95. The molecule has 1 saturated carbocycles. The Bertz CT molecular complexity index is 784. The fourth-order valence-corrected chi connectivity index (χ4v) is 3.45. The zero-order valence-electron chi connectivity index (χ0n) is 17.1. The summed E-state index contributed by atoms with van der Waals surface area (Å²) in [4.78, 5) is 17.8. The van der Waals surface area contributed by atoms with Crippen molar-refractivity contribution in [2.75, 3.05) is 25.0 Å². The van der Waals surface area contributed by atoms with Gasteiger partial charge >= 0.3 is 0 Å². The number of hydrogen-bond donors (Lipinski definition) is 3. The first-order valence-corrected chi connectivity index (χ1v) is 11.1. The normalized spacial score (nSPS) is 14.0. The second-order valence-corrected chi connectivity index (χ2v) is 8.40. The lowest BCUT2D eigenvalue weighted by Crippen LogP contribution is -2.38. The van der Waals surface area contributed by atoms with Gasteiger partial charge in [-0.2, -0.15) is 0 Å². The van der Waals surface area contributed by atoms with E-state index in [2.05, 4.69) is 38.5 Å². The number of amides is 1. The molecule has 1 aliphatic carbocycles. The van der Waals surface area contributed by atoms with Gasteiger partial charge in [0.1, 0.15) is 5.75 Å². The van der Waals surface area contributed by atoms with Crippen LogP contribution < -0.4 is 20.7 Å². The van der Waals surface area contributed by atoms with Gasteiger partial charge in [0.25, 0.3) is 0 Å². The first-order chi connectivity index (χ1) is 14.1. The van der Waals surface area contributed by atoms with Crippen molar-refractivity contribution in [1.82, 2.24) is 10.6 Å². The van der Waals surface area contributed by atoms with E-state index in [4.69, 9.17) is 4.74 Å². The van der Waals surface area contributed by atoms with Gasteiger partial charge in [-0.15, -0.1) is 11.3 Å². The lowest BCUT2D eigenvalue weighted by atomic mass is 10.3. The standard InChI is InChI=1S/C22H30N4O2S/c1-16(2)28-19-9-7-18(8-10-19)26-22(24-12-11-20-4-3-15-29-20)25-14-13-23-21(27)17-5-6-17/h3-4,7-10,15-17H,5-6,11-14H2,1-2H3,(H,23,27)(H2,24,25,26). The van der Waals surface area contributed by atoms with E-state index in [1.807, 2.05) is 38.1 Å². The van der Waals surface area contributed by atoms with Crippen molar-refractivity contribution in [2.45, 2.75) is 39.2 Å². The van der Waals surface area contributed by atoms with E-state index in [9.17, 15) is 4.79 Å². The van der Waals surface area contributed by atoms with Crippen LogP contribution in [0.5, 0.6) is 5.75 Å². The summed E-state index contributed by atoms with van der Waals surface area (Å²) >= 11 is 1.75. The Morgan fingerprint density at radius 1 is 1.17 bits per heavy atom. The van der Waals surface area contributed by atoms with E-state index in [0.29, 0.717) is 25.6 Å². The molecular formula is C22H30N4O2S. The third kappa shape index (κ3) is 7.77. The van der Waals surface area contributed by atoms with Crippen molar-refractivity contribution < 1.29 is 9.53 Å². The highest BCUT2D eigenvalue weighted by atomic mass is 32.1. The van der Waals surface area contributed by atoms with Gasteiger partial charge in [-0.3, -0.25) is 9.79 Å². The van der Waals surface area contributed by atoms with Gasteiger partial charge in [0.05, 0.1) is 6.10 Å². The maximum Gasteiger partial charge on any atom is 0.223 e. The minimum Gasteiger partial charge on any atom is -0.491 e. The molecule has 1 fully saturated rings. The number of benzene rings is 1. The van der Waals surface area contributed by atoms with Gasteiger partial charge < -0.3 is 20.7 Å². The number of hydrogen-bond acceptors (Lipinski definition) is 4. The first kappa shape index (κ1) is 21.2. The second kappa shape index (κ2) is 10.9. The topological polar surface area (TPSA) is 74.8 Å². The number of carbonyl (C=O) groups is 1. The minimum atomic E-state index is 0.149. The molecule has 0 saturated heterocycles. The fraction of sp³-hybridized carbons (Fsp3) is 0.455. The van der Waals surface area contributed by atoms with Crippen LogP contribution in [0.1, 0.15) is 31.6 Å². The predicted octanol–water partition coefficient (Wildman–Crippen LogP) is 3.66. The molecule has 0 radical (unpaired) electrons. The highest BCUT2D eigenvalue weighted by molar-refractivity contribution is 7.09. The zero-order valence-corrected chi connectivity index (χ0v) is 17.9. The molecule has 6 nitrogen and oxygen atoms in total. The molecule has 0 unspecified atom stereocenters. The summed E-state index contributed by atoms with van der Waals surface area (Å²) in [7, 11) is 0. The summed E-state index contributed by atoms with van der Waals surface area (Å²) < 4.78 is 5.69. The van der Waals surface area contributed by atoms with E-state index < -0.39 is 0 Å². The molecule has 3 N–H and O–H groups in total. The number of anilines is 1. The monoisotopic (exact) mass is 414 g/mol. The van der Waals surface area contributed by atoms with Crippen LogP contribution in [0.4, 0.5) is 5.69 Å². The highest BCUT2D eigenvalue weighted by Gasteiger charge is 2.28. The number of nitrogens with one attached hydrogen (secondary N) is 3. The van der Waals surface area contributed by atoms with Crippen molar-refractivity contribution >= 4 is 28.9 Å². The average Bonchev–Trinajstić information content (AvgIpc) is 3.43. The van der Waals surface area contributed by atoms with Crippen molar-refractivity contribution in [3.8, 4) is 5.75 Å². The lowest BCUT2D eigenvalue weighted by Gasteiger charge is -2.14. The molecule has 1 aromatic carbocycles. The predicted molar refractivity (Wildman–Crippen MR) is 120 cm³/mol. The average molecular weight is 415 g/mol. The van der Waals surface area contributed by atoms with Gasteiger partial charge in [-0.25, -0.2) is 0 Å². The largest absolute Gasteiger partial charge is 0.491 e. The Balaban J connectivity index is 1.52. The van der Waals surface area contributed by atoms with Crippen LogP contribution in [0, 0.1) is 5.92 Å². The highest BCUT2D eigenvalue weighted by Crippen LogP contribution is 2.28. The Morgan fingerprint density at radius 2 is 1.93 bits per heavy atom. The van der Waals surface area contributed by atoms with Crippen LogP contribution in [0.15, 0.2) is 46.8 Å². The van der Waals surface area contributed by atoms with Crippen LogP contribution in [0.3, 0.4) is 0 Å². The summed E-state index contributed by atoms with van der Waals surface area (Å²) in [5, 5.41) is 11.7. The van der Waals surface area contributed by atoms with Crippen molar-refractivity contribution in [3.63, 3.8) is 0 Å². The van der Waals surface area contributed by atoms with Crippen LogP contribution in [-0.2, 0) is 11.2 Å². The number of rotatable bonds is 10. The third-order valence-corrected chi connectivity index (χ3v) is 5.30. The fourth-order valence-electron chi connectivity index (χ4n) is 2.75. The maximum atomic E-state index is 11.8. The number of thiophene rings is 1. The Morgan fingerprint density at radius 3 is 2.59 bits per heavy atom. The van der Waals surface area contributed by atoms with Crippen LogP contribution >= 0.6 is 11.3 Å². The van der Waals surface area contributed by atoms with Crippen molar-refractivity contribution in [1.29, 1.82) is 0 Å². The number of carbonyl (C=O) groups excluding carboxylic acids is 1. The molecule has 0 bridgehead atoms. The molecule has 2 aromatic rings. The number of nitrogens with zero attached hydrogens (tertiary/aromatic N) is 1. The van der Waals surface area contributed by atoms with E-state index in [-0.39, 0.29) is 17.9 Å². The molecule has 1 aliphatic rings. The summed E-state index contributed by atoms with van der Waals surface area (Å²) in [6, 6.07) is 12.0. The SMILES string of the molecule is CC(C)Oc1ccc(NC(=NCCc2cccs2)NCCNC(=O)C2CC2)cc1. The molecule has 7 heteroatoms. The number of guanidine groups is 1. The van der Waals surface area contributed by atoms with Crippen molar-refractivity contribution in [2.24, 2.45) is 10.9 Å². The lowest BCUT2D eigenvalue weighted by molar-refractivity contribution is -0.122. The van der Waals surface area contributed by atoms with E-state index >= 15 is 0 Å². The van der Waals surface area contributed by atoms with Crippen LogP contribution in [-0.4, -0.2) is 37.6 Å². The third-order valence-electron chi connectivity index (χ3n) is 4.36. The van der Waals surface area contributed by atoms with Gasteiger partial charge in [0, 0.05) is 42.5 Å². The maximum absolute atomic E-state index is 11.8. The Hall–Kier alpha value is -2.54. The summed E-state index contributed by atoms with van der Waals surface area (Å²) in [6.45, 7) is 5.92. The number of aliphatic imine (C=N–C) groups is 1. The molecule has 1 amide bonds. The Kier molecular flexibility index (Phi) is 7.93. The van der Waals surface area contributed by atoms with E-state index in [1.54, 1.807) is 11.3 Å². The Labute approximate surface area is 176 Å². The van der Waals surface area contributed by atoms with Gasteiger partial charge in [-0.05, 0) is 62.4 Å². The number of ether oxygens (including phenoxy) is 1. The zero-order chi connectivity index (χ0) is 20.5. The first-order valence-electron chi connectivity index (χ1n) is 10.2. The van der Waals surface area contributed by atoms with Gasteiger partial charge in [0.2, 0.25) is 5.91 Å². The van der Waals surface area contributed by atoms with E-state index in [0.717, 1.165) is 30.7 Å². The van der Waals surface area contributed by atoms with Crippen LogP contribution in [0.25, 0.3) is 0 Å². The molecule has 1 heterocycles. The molecule has 0 aliphatic heterocycles. The van der Waals surface area contributed by atoms with Crippen LogP contribution in [0.2, 0.25) is 0 Å². The van der Waals surface area contributed by atoms with Crippen molar-refractivity contribution in [3.05, 3.63) is 46.7 Å². The minimum absolute atomic E-state index is 0.149. The summed E-state index contributed by atoms with van der Waals surface area (Å²) in [6.07, 6.45) is 3.10. The summed E-state index contributed by atoms with van der Waals surface area (Å²) in [5.41, 5.74) is 0.936. The quantitative estimate of drug-likeness (QED) is 0.315. The van der Waals surface area contributed by atoms with Gasteiger partial charge in [-0.1, -0.05) is 6.07 Å². The molecule has 0 spiro atoms. The molecule has 3 rings (SSSR count).